The van der Waals surface area contributed by atoms with Crippen LogP contribution in [0.2, 0.25) is 5.02 Å². The van der Waals surface area contributed by atoms with E-state index in [2.05, 4.69) is 18.5 Å². The fourth-order valence-electron chi connectivity index (χ4n) is 3.97. The summed E-state index contributed by atoms with van der Waals surface area (Å²) in [6, 6.07) is 10.9. The van der Waals surface area contributed by atoms with E-state index in [1.54, 1.807) is 37.2 Å². The summed E-state index contributed by atoms with van der Waals surface area (Å²) in [5, 5.41) is 3.04. The Bertz CT molecular complexity index is 1230. The highest BCUT2D eigenvalue weighted by molar-refractivity contribution is 6.30. The molecule has 0 aliphatic rings. The minimum Gasteiger partial charge on any atom is -0.497 e. The Balaban J connectivity index is 2.03. The Kier molecular flexibility index (Phi) is 13.6. The van der Waals surface area contributed by atoms with E-state index in [4.69, 9.17) is 25.8 Å². The van der Waals surface area contributed by atoms with Crippen molar-refractivity contribution in [2.24, 2.45) is 5.92 Å². The van der Waals surface area contributed by atoms with Crippen molar-refractivity contribution in [2.75, 3.05) is 27.4 Å². The number of benzene rings is 2. The third-order valence-corrected chi connectivity index (χ3v) is 6.46. The maximum atomic E-state index is 13.0. The molecule has 41 heavy (non-hydrogen) atoms. The molecule has 0 aromatic heterocycles. The highest BCUT2D eigenvalue weighted by Gasteiger charge is 2.27. The number of amides is 2. The van der Waals surface area contributed by atoms with Crippen molar-refractivity contribution in [1.29, 1.82) is 0 Å². The number of ether oxygens (including phenoxy) is 3. The molecule has 0 heterocycles. The molecule has 2 amide bonds. The number of esters is 1. The molecule has 0 radical (unpaired) electrons. The number of nitrogens with one attached hydrogen (secondary N) is 1. The lowest BCUT2D eigenvalue weighted by molar-refractivity contribution is -0.146. The van der Waals surface area contributed by atoms with Gasteiger partial charge < -0.3 is 24.4 Å². The van der Waals surface area contributed by atoms with Crippen LogP contribution in [-0.2, 0) is 25.7 Å². The molecule has 0 aliphatic heterocycles. The predicted octanol–water partition coefficient (Wildman–Crippen LogP) is 4.78. The normalized spacial score (nSPS) is 11.9. The van der Waals surface area contributed by atoms with Crippen molar-refractivity contribution in [3.05, 3.63) is 83.9 Å². The van der Waals surface area contributed by atoms with Crippen molar-refractivity contribution in [3.8, 4) is 11.5 Å². The molecule has 2 atom stereocenters. The van der Waals surface area contributed by atoms with Crippen molar-refractivity contribution in [1.82, 2.24) is 10.2 Å². The summed E-state index contributed by atoms with van der Waals surface area (Å²) >= 11 is 6.04. The smallest absolute Gasteiger partial charge is 0.328 e. The summed E-state index contributed by atoms with van der Waals surface area (Å²) in [6.45, 7) is 9.73. The third kappa shape index (κ3) is 10.4. The average Bonchev–Trinajstić information content (AvgIpc) is 2.97. The van der Waals surface area contributed by atoms with Crippen LogP contribution < -0.4 is 14.8 Å². The third-order valence-electron chi connectivity index (χ3n) is 6.22. The molecule has 0 fully saturated rings. The van der Waals surface area contributed by atoms with Crippen molar-refractivity contribution in [2.45, 2.75) is 38.8 Å². The van der Waals surface area contributed by atoms with Gasteiger partial charge >= 0.3 is 5.97 Å². The van der Waals surface area contributed by atoms with E-state index in [1.807, 2.05) is 24.3 Å². The molecule has 0 bridgehead atoms. The summed E-state index contributed by atoms with van der Waals surface area (Å²) in [6.07, 6.45) is 3.02. The van der Waals surface area contributed by atoms with Gasteiger partial charge in [0.25, 0.3) is 0 Å². The lowest BCUT2D eigenvalue weighted by atomic mass is 9.97. The summed E-state index contributed by atoms with van der Waals surface area (Å²) in [7, 11) is 2.78. The maximum absolute atomic E-state index is 13.0. The standard InChI is InChI=1S/C31H37ClN2O7/c1-6-16-34(20-22-8-11-24(39-4)12-9-22)29(36)15-14-26(31(38)40-5)33-30(37)21(3)18-27(35)25-13-10-23(32)19-28(25)41-17-7-2/h6-13,19,21,26H,1-2,14-18,20H2,3-5H3,(H,33,37)/t21-,26-/m0/s1. The molecule has 0 aliphatic carbocycles. The monoisotopic (exact) mass is 584 g/mol. The molecule has 0 saturated carbocycles. The van der Waals surface area contributed by atoms with Gasteiger partial charge in [0.15, 0.2) is 5.78 Å². The van der Waals surface area contributed by atoms with E-state index in [9.17, 15) is 19.2 Å². The number of carbonyl (C=O) groups excluding carboxylic acids is 4. The highest BCUT2D eigenvalue weighted by atomic mass is 35.5. The second kappa shape index (κ2) is 16.9. The fourth-order valence-corrected chi connectivity index (χ4v) is 4.13. The first-order valence-corrected chi connectivity index (χ1v) is 13.5. The molecular formula is C31H37ClN2O7. The zero-order chi connectivity index (χ0) is 30.4. The Labute approximate surface area is 246 Å². The number of carbonyl (C=O) groups is 4. The first-order chi connectivity index (χ1) is 19.6. The summed E-state index contributed by atoms with van der Waals surface area (Å²) < 4.78 is 15.6. The lowest BCUT2D eigenvalue weighted by Gasteiger charge is -2.23. The largest absolute Gasteiger partial charge is 0.497 e. The fraction of sp³-hybridized carbons (Fsp3) is 0.355. The van der Waals surface area contributed by atoms with Crippen LogP contribution in [0.5, 0.6) is 11.5 Å². The molecule has 0 unspecified atom stereocenters. The van der Waals surface area contributed by atoms with Gasteiger partial charge in [-0.15, -0.1) is 6.58 Å². The second-order valence-electron chi connectivity index (χ2n) is 9.30. The maximum Gasteiger partial charge on any atom is 0.328 e. The Morgan fingerprint density at radius 1 is 1.05 bits per heavy atom. The van der Waals surface area contributed by atoms with Crippen LogP contribution in [0.15, 0.2) is 67.8 Å². The van der Waals surface area contributed by atoms with Crippen molar-refractivity contribution < 1.29 is 33.4 Å². The van der Waals surface area contributed by atoms with E-state index in [0.717, 1.165) is 5.56 Å². The van der Waals surface area contributed by atoms with Gasteiger partial charge in [-0.2, -0.15) is 0 Å². The van der Waals surface area contributed by atoms with Crippen molar-refractivity contribution >= 4 is 35.2 Å². The van der Waals surface area contributed by atoms with Gasteiger partial charge in [0.2, 0.25) is 11.8 Å². The van der Waals surface area contributed by atoms with E-state index in [1.165, 1.54) is 19.2 Å². The van der Waals surface area contributed by atoms with Gasteiger partial charge in [0, 0.05) is 36.9 Å². The molecule has 2 aromatic rings. The van der Waals surface area contributed by atoms with E-state index >= 15 is 0 Å². The lowest BCUT2D eigenvalue weighted by Crippen LogP contribution is -2.45. The topological polar surface area (TPSA) is 111 Å². The Morgan fingerprint density at radius 2 is 1.76 bits per heavy atom. The van der Waals surface area contributed by atoms with Gasteiger partial charge in [0.05, 0.1) is 19.8 Å². The van der Waals surface area contributed by atoms with Crippen LogP contribution in [0, 0.1) is 5.92 Å². The van der Waals surface area contributed by atoms with Crippen LogP contribution in [-0.4, -0.2) is 61.9 Å². The minimum absolute atomic E-state index is 0.0187. The SMILES string of the molecule is C=CCOc1cc(Cl)ccc1C(=O)C[C@H](C)C(=O)N[C@@H](CCC(=O)N(CC=C)Cc1ccc(OC)cc1)C(=O)OC. The highest BCUT2D eigenvalue weighted by Crippen LogP contribution is 2.26. The number of hydrogen-bond acceptors (Lipinski definition) is 7. The van der Waals surface area contributed by atoms with Crippen LogP contribution in [0.25, 0.3) is 0 Å². The molecule has 10 heteroatoms. The average molecular weight is 585 g/mol. The number of nitrogens with zero attached hydrogens (tertiary/aromatic N) is 1. The molecule has 1 N–H and O–H groups in total. The van der Waals surface area contributed by atoms with Crippen LogP contribution >= 0.6 is 11.6 Å². The molecule has 2 rings (SSSR count). The van der Waals surface area contributed by atoms with Crippen LogP contribution in [0.1, 0.15) is 42.1 Å². The Hall–Kier alpha value is -4.11. The second-order valence-corrected chi connectivity index (χ2v) is 9.74. The van der Waals surface area contributed by atoms with Gasteiger partial charge in [-0.1, -0.05) is 49.4 Å². The summed E-state index contributed by atoms with van der Waals surface area (Å²) in [5.74, 6) is -1.54. The van der Waals surface area contributed by atoms with Gasteiger partial charge in [-0.25, -0.2) is 4.79 Å². The summed E-state index contributed by atoms with van der Waals surface area (Å²) in [4.78, 5) is 53.1. The zero-order valence-corrected chi connectivity index (χ0v) is 24.4. The molecule has 0 spiro atoms. The number of halogens is 1. The number of rotatable bonds is 17. The van der Waals surface area contributed by atoms with Crippen molar-refractivity contribution in [3.63, 3.8) is 0 Å². The van der Waals surface area contributed by atoms with E-state index in [0.29, 0.717) is 29.6 Å². The molecule has 220 valence electrons. The number of ketones is 1. The molecule has 2 aromatic carbocycles. The quantitative estimate of drug-likeness (QED) is 0.162. The van der Waals surface area contributed by atoms with Gasteiger partial charge in [-0.05, 0) is 42.3 Å². The number of hydrogen-bond donors (Lipinski definition) is 1. The molecule has 9 nitrogen and oxygen atoms in total. The van der Waals surface area contributed by atoms with E-state index in [-0.39, 0.29) is 43.1 Å². The Morgan fingerprint density at radius 3 is 2.37 bits per heavy atom. The predicted molar refractivity (Wildman–Crippen MR) is 157 cm³/mol. The van der Waals surface area contributed by atoms with E-state index < -0.39 is 23.8 Å². The molecular weight excluding hydrogens is 548 g/mol. The van der Waals surface area contributed by atoms with Gasteiger partial charge in [0.1, 0.15) is 24.1 Å². The number of Topliss-reactive ketones (excluding diaryl/α,β-unsaturated/α-hetero) is 1. The van der Waals surface area contributed by atoms with Gasteiger partial charge in [-0.3, -0.25) is 14.4 Å². The summed E-state index contributed by atoms with van der Waals surface area (Å²) in [5.41, 5.74) is 1.18. The molecule has 0 saturated heterocycles. The van der Waals surface area contributed by atoms with Crippen LogP contribution in [0.4, 0.5) is 0 Å². The van der Waals surface area contributed by atoms with Crippen LogP contribution in [0.3, 0.4) is 0 Å². The number of methoxy groups -OCH3 is 2. The first-order valence-electron chi connectivity index (χ1n) is 13.1. The zero-order valence-electron chi connectivity index (χ0n) is 23.7. The minimum atomic E-state index is -1.07. The first kappa shape index (κ1) is 33.1.